The van der Waals surface area contributed by atoms with Crippen molar-refractivity contribution < 1.29 is 14.7 Å². The molecule has 1 heterocycles. The van der Waals surface area contributed by atoms with Crippen molar-refractivity contribution in [1.82, 2.24) is 10.3 Å². The van der Waals surface area contributed by atoms with Gasteiger partial charge in [-0.2, -0.15) is 0 Å². The van der Waals surface area contributed by atoms with Crippen molar-refractivity contribution in [2.24, 2.45) is 5.92 Å². The van der Waals surface area contributed by atoms with Crippen LogP contribution in [0.1, 0.15) is 23.8 Å². The molecule has 82 valence electrons. The number of carboxylic acid groups (broad SMARTS) is 1. The Bertz CT molecular complexity index is 332. The van der Waals surface area contributed by atoms with Gasteiger partial charge in [-0.15, -0.1) is 0 Å². The monoisotopic (exact) mass is 210 g/mol. The second kappa shape index (κ2) is 5.19. The second-order valence-electron chi connectivity index (χ2n) is 3.37. The number of rotatable bonds is 5. The van der Waals surface area contributed by atoms with E-state index in [0.717, 1.165) is 0 Å². The van der Waals surface area contributed by atoms with Crippen molar-refractivity contribution in [3.05, 3.63) is 24.0 Å². The van der Waals surface area contributed by atoms with Crippen LogP contribution in [0.5, 0.6) is 0 Å². The molecule has 0 radical (unpaired) electrons. The number of aromatic nitrogens is 1. The zero-order valence-corrected chi connectivity index (χ0v) is 8.49. The largest absolute Gasteiger partial charge is 0.481 e. The smallest absolute Gasteiger partial charge is 0.306 e. The summed E-state index contributed by atoms with van der Waals surface area (Å²) >= 11 is 0. The lowest BCUT2D eigenvalue weighted by molar-refractivity contribution is -0.141. The molecule has 1 unspecified atom stereocenters. The fourth-order valence-electron chi connectivity index (χ4n) is 1.09. The summed E-state index contributed by atoms with van der Waals surface area (Å²) < 4.78 is 0. The van der Waals surface area contributed by atoms with Crippen LogP contribution in [0.2, 0.25) is 0 Å². The molecule has 1 rings (SSSR count). The summed E-state index contributed by atoms with van der Waals surface area (Å²) in [5, 5.41) is 11.2. The van der Waals surface area contributed by atoms with E-state index in [2.05, 4.69) is 10.3 Å². The van der Waals surface area contributed by atoms with E-state index in [1.807, 2.05) is 0 Å². The molecule has 3 N–H and O–H groups in total. The third-order valence-electron chi connectivity index (χ3n) is 2.13. The first-order valence-corrected chi connectivity index (χ1v) is 4.75. The highest BCUT2D eigenvalue weighted by Crippen LogP contribution is 2.00. The molecule has 1 amide bonds. The minimum atomic E-state index is -0.843. The standard InChI is InChI=1S/C10H14N2O3/c1-7(10(14)15)4-6-12-9(13)8-3-2-5-11-8/h2-3,5,7,11H,4,6H2,1H3,(H,12,13)(H,14,15). The second-order valence-corrected chi connectivity index (χ2v) is 3.37. The van der Waals surface area contributed by atoms with E-state index in [4.69, 9.17) is 5.11 Å². The van der Waals surface area contributed by atoms with Crippen LogP contribution in [0.3, 0.4) is 0 Å². The van der Waals surface area contributed by atoms with Crippen LogP contribution < -0.4 is 5.32 Å². The van der Waals surface area contributed by atoms with Crippen molar-refractivity contribution in [2.45, 2.75) is 13.3 Å². The number of carbonyl (C=O) groups is 2. The molecule has 0 saturated heterocycles. The fourth-order valence-corrected chi connectivity index (χ4v) is 1.09. The molecule has 0 saturated carbocycles. The summed E-state index contributed by atoms with van der Waals surface area (Å²) in [6, 6.07) is 3.39. The Kier molecular flexibility index (Phi) is 3.91. The minimum Gasteiger partial charge on any atom is -0.481 e. The van der Waals surface area contributed by atoms with Gasteiger partial charge in [-0.3, -0.25) is 9.59 Å². The molecule has 1 aromatic rings. The molecule has 0 aliphatic heterocycles. The quantitative estimate of drug-likeness (QED) is 0.674. The van der Waals surface area contributed by atoms with Gasteiger partial charge in [0.1, 0.15) is 5.69 Å². The summed E-state index contributed by atoms with van der Waals surface area (Å²) in [7, 11) is 0. The van der Waals surface area contributed by atoms with E-state index in [1.54, 1.807) is 25.3 Å². The maximum Gasteiger partial charge on any atom is 0.306 e. The molecule has 0 bridgehead atoms. The number of hydrogen-bond donors (Lipinski definition) is 3. The highest BCUT2D eigenvalue weighted by molar-refractivity contribution is 5.92. The third-order valence-corrected chi connectivity index (χ3v) is 2.13. The van der Waals surface area contributed by atoms with E-state index in [1.165, 1.54) is 0 Å². The summed E-state index contributed by atoms with van der Waals surface area (Å²) in [5.74, 6) is -1.49. The normalized spacial score (nSPS) is 12.1. The topological polar surface area (TPSA) is 82.2 Å². The molecule has 0 aliphatic carbocycles. The first-order chi connectivity index (χ1) is 7.11. The van der Waals surface area contributed by atoms with Crippen LogP contribution in [0.15, 0.2) is 18.3 Å². The lowest BCUT2D eigenvalue weighted by atomic mass is 10.1. The number of carboxylic acids is 1. The number of aliphatic carboxylic acids is 1. The highest BCUT2D eigenvalue weighted by atomic mass is 16.4. The molecule has 1 aromatic heterocycles. The Morgan fingerprint density at radius 3 is 2.87 bits per heavy atom. The number of H-pyrrole nitrogens is 1. The maximum atomic E-state index is 11.4. The van der Waals surface area contributed by atoms with Crippen molar-refractivity contribution >= 4 is 11.9 Å². The Balaban J connectivity index is 2.27. The molecule has 5 heteroatoms. The molecule has 0 spiro atoms. The molecular weight excluding hydrogens is 196 g/mol. The Labute approximate surface area is 87.5 Å². The average Bonchev–Trinajstić information content (AvgIpc) is 2.70. The van der Waals surface area contributed by atoms with E-state index in [9.17, 15) is 9.59 Å². The Morgan fingerprint density at radius 1 is 1.60 bits per heavy atom. The first-order valence-electron chi connectivity index (χ1n) is 4.75. The highest BCUT2D eigenvalue weighted by Gasteiger charge is 2.11. The first kappa shape index (κ1) is 11.3. The molecule has 0 fully saturated rings. The van der Waals surface area contributed by atoms with Gasteiger partial charge in [0.25, 0.3) is 5.91 Å². The van der Waals surface area contributed by atoms with Gasteiger partial charge in [-0.05, 0) is 18.6 Å². The van der Waals surface area contributed by atoms with Crippen LogP contribution in [0.25, 0.3) is 0 Å². The lowest BCUT2D eigenvalue weighted by Gasteiger charge is -2.06. The van der Waals surface area contributed by atoms with Gasteiger partial charge in [0, 0.05) is 12.7 Å². The number of aromatic amines is 1. The lowest BCUT2D eigenvalue weighted by Crippen LogP contribution is -2.27. The van der Waals surface area contributed by atoms with Crippen LogP contribution in [0.4, 0.5) is 0 Å². The zero-order valence-electron chi connectivity index (χ0n) is 8.49. The van der Waals surface area contributed by atoms with E-state index < -0.39 is 11.9 Å². The van der Waals surface area contributed by atoms with Gasteiger partial charge in [-0.1, -0.05) is 6.92 Å². The third kappa shape index (κ3) is 3.46. The van der Waals surface area contributed by atoms with Crippen molar-refractivity contribution in [3.63, 3.8) is 0 Å². The van der Waals surface area contributed by atoms with Crippen molar-refractivity contribution in [1.29, 1.82) is 0 Å². The van der Waals surface area contributed by atoms with Gasteiger partial charge < -0.3 is 15.4 Å². The van der Waals surface area contributed by atoms with Gasteiger partial charge in [0.15, 0.2) is 0 Å². The summed E-state index contributed by atoms with van der Waals surface area (Å²) in [4.78, 5) is 24.6. The molecule has 0 aliphatic rings. The predicted octanol–water partition coefficient (Wildman–Crippen LogP) is 0.855. The SMILES string of the molecule is CC(CCNC(=O)c1ccc[nH]1)C(=O)O. The molecule has 5 nitrogen and oxygen atoms in total. The maximum absolute atomic E-state index is 11.4. The average molecular weight is 210 g/mol. The van der Waals surface area contributed by atoms with Crippen LogP contribution in [-0.2, 0) is 4.79 Å². The zero-order chi connectivity index (χ0) is 11.3. The number of hydrogen-bond acceptors (Lipinski definition) is 2. The van der Waals surface area contributed by atoms with Gasteiger partial charge >= 0.3 is 5.97 Å². The number of nitrogens with one attached hydrogen (secondary N) is 2. The van der Waals surface area contributed by atoms with Crippen LogP contribution >= 0.6 is 0 Å². The van der Waals surface area contributed by atoms with Crippen LogP contribution in [0, 0.1) is 5.92 Å². The van der Waals surface area contributed by atoms with E-state index in [0.29, 0.717) is 18.7 Å². The number of carbonyl (C=O) groups excluding carboxylic acids is 1. The van der Waals surface area contributed by atoms with Crippen molar-refractivity contribution in [3.8, 4) is 0 Å². The fraction of sp³-hybridized carbons (Fsp3) is 0.400. The molecular formula is C10H14N2O3. The van der Waals surface area contributed by atoms with Crippen LogP contribution in [-0.4, -0.2) is 28.5 Å². The van der Waals surface area contributed by atoms with E-state index >= 15 is 0 Å². The van der Waals surface area contributed by atoms with E-state index in [-0.39, 0.29) is 5.91 Å². The molecule has 1 atom stereocenters. The Morgan fingerprint density at radius 2 is 2.33 bits per heavy atom. The van der Waals surface area contributed by atoms with Gasteiger partial charge in [0.2, 0.25) is 0 Å². The van der Waals surface area contributed by atoms with Gasteiger partial charge in [0.05, 0.1) is 5.92 Å². The predicted molar refractivity (Wildman–Crippen MR) is 54.5 cm³/mol. The number of amides is 1. The van der Waals surface area contributed by atoms with Gasteiger partial charge in [-0.25, -0.2) is 0 Å². The molecule has 0 aromatic carbocycles. The minimum absolute atomic E-state index is 0.211. The van der Waals surface area contributed by atoms with Crippen molar-refractivity contribution in [2.75, 3.05) is 6.54 Å². The summed E-state index contributed by atoms with van der Waals surface area (Å²) in [6.45, 7) is 1.98. The Hall–Kier alpha value is -1.78. The summed E-state index contributed by atoms with van der Waals surface area (Å²) in [5.41, 5.74) is 0.484. The molecule has 15 heavy (non-hydrogen) atoms. The summed E-state index contributed by atoms with van der Waals surface area (Å²) in [6.07, 6.45) is 2.09.